The number of rotatable bonds is 9. The SMILES string of the molecule is Cl.NCCCCCCC(=O)Nc1ccc(Cl)cc1OCC(F)(F)F. The second kappa shape index (κ2) is 11.4. The summed E-state index contributed by atoms with van der Waals surface area (Å²) >= 11 is 5.75. The number of hydrogen-bond acceptors (Lipinski definition) is 3. The Morgan fingerprint density at radius 3 is 2.50 bits per heavy atom. The van der Waals surface area contributed by atoms with E-state index in [1.807, 2.05) is 0 Å². The highest BCUT2D eigenvalue weighted by Gasteiger charge is 2.29. The van der Waals surface area contributed by atoms with Crippen LogP contribution in [0.5, 0.6) is 5.75 Å². The van der Waals surface area contributed by atoms with Crippen LogP contribution in [0.15, 0.2) is 18.2 Å². The standard InChI is InChI=1S/C15H20ClF3N2O2.ClH/c16-11-6-7-12(13(9-11)23-10-15(17,18)19)21-14(22)5-3-1-2-4-8-20;/h6-7,9H,1-5,8,10,20H2,(H,21,22);1H. The van der Waals surface area contributed by atoms with Gasteiger partial charge in [0.05, 0.1) is 5.69 Å². The highest BCUT2D eigenvalue weighted by Crippen LogP contribution is 2.30. The fourth-order valence-corrected chi connectivity index (χ4v) is 2.04. The minimum absolute atomic E-state index is 0. The molecule has 3 N–H and O–H groups in total. The zero-order valence-electron chi connectivity index (χ0n) is 13.0. The molecule has 0 aliphatic carbocycles. The first kappa shape index (κ1) is 22.8. The third kappa shape index (κ3) is 9.85. The van der Waals surface area contributed by atoms with Crippen LogP contribution in [0.3, 0.4) is 0 Å². The molecule has 1 amide bonds. The van der Waals surface area contributed by atoms with E-state index < -0.39 is 12.8 Å². The largest absolute Gasteiger partial charge is 0.482 e. The molecule has 0 aliphatic rings. The molecule has 138 valence electrons. The van der Waals surface area contributed by atoms with Gasteiger partial charge in [-0.25, -0.2) is 0 Å². The first-order valence-electron chi connectivity index (χ1n) is 7.31. The zero-order valence-corrected chi connectivity index (χ0v) is 14.6. The quantitative estimate of drug-likeness (QED) is 0.609. The number of carbonyl (C=O) groups excluding carboxylic acids is 1. The van der Waals surface area contributed by atoms with Crippen molar-refractivity contribution in [1.29, 1.82) is 0 Å². The summed E-state index contributed by atoms with van der Waals surface area (Å²) in [6.45, 7) is -0.827. The molecular weight excluding hydrogens is 368 g/mol. The average molecular weight is 389 g/mol. The van der Waals surface area contributed by atoms with Crippen molar-refractivity contribution in [1.82, 2.24) is 0 Å². The molecule has 0 heterocycles. The summed E-state index contributed by atoms with van der Waals surface area (Å²) < 4.78 is 41.5. The molecule has 24 heavy (non-hydrogen) atoms. The van der Waals surface area contributed by atoms with Gasteiger partial charge in [-0.2, -0.15) is 13.2 Å². The van der Waals surface area contributed by atoms with Crippen molar-refractivity contribution >= 4 is 35.6 Å². The van der Waals surface area contributed by atoms with Gasteiger partial charge in [0.1, 0.15) is 5.75 Å². The van der Waals surface area contributed by atoms with Crippen LogP contribution < -0.4 is 15.8 Å². The molecule has 0 radical (unpaired) electrons. The summed E-state index contributed by atoms with van der Waals surface area (Å²) in [7, 11) is 0. The van der Waals surface area contributed by atoms with Gasteiger partial charge in [-0.05, 0) is 31.5 Å². The van der Waals surface area contributed by atoms with Crippen molar-refractivity contribution < 1.29 is 22.7 Å². The Balaban J connectivity index is 0.00000529. The number of alkyl halides is 3. The Morgan fingerprint density at radius 2 is 1.88 bits per heavy atom. The molecule has 0 aromatic heterocycles. The van der Waals surface area contributed by atoms with E-state index in [-0.39, 0.29) is 41.2 Å². The summed E-state index contributed by atoms with van der Waals surface area (Å²) in [6.07, 6.45) is -0.752. The maximum Gasteiger partial charge on any atom is 0.422 e. The minimum atomic E-state index is -4.47. The number of nitrogens with two attached hydrogens (primary N) is 1. The van der Waals surface area contributed by atoms with Gasteiger partial charge < -0.3 is 15.8 Å². The fraction of sp³-hybridized carbons (Fsp3) is 0.533. The third-order valence-electron chi connectivity index (χ3n) is 2.97. The van der Waals surface area contributed by atoms with Gasteiger partial charge in [-0.15, -0.1) is 12.4 Å². The lowest BCUT2D eigenvalue weighted by molar-refractivity contribution is -0.153. The fourth-order valence-electron chi connectivity index (χ4n) is 1.87. The molecule has 1 rings (SSSR count). The van der Waals surface area contributed by atoms with E-state index in [1.54, 1.807) is 0 Å². The number of carbonyl (C=O) groups is 1. The van der Waals surface area contributed by atoms with Crippen molar-refractivity contribution in [2.45, 2.75) is 38.3 Å². The molecule has 0 saturated carbocycles. The molecule has 0 fully saturated rings. The summed E-state index contributed by atoms with van der Waals surface area (Å²) in [5.74, 6) is -0.386. The number of ether oxygens (including phenoxy) is 1. The molecule has 0 bridgehead atoms. The van der Waals surface area contributed by atoms with Crippen molar-refractivity contribution in [2.24, 2.45) is 5.73 Å². The van der Waals surface area contributed by atoms with Crippen LogP contribution in [0.4, 0.5) is 18.9 Å². The topological polar surface area (TPSA) is 64.4 Å². The van der Waals surface area contributed by atoms with Crippen LogP contribution in [-0.4, -0.2) is 25.2 Å². The maximum absolute atomic E-state index is 12.3. The lowest BCUT2D eigenvalue weighted by atomic mass is 10.1. The molecule has 4 nitrogen and oxygen atoms in total. The maximum atomic E-state index is 12.3. The van der Waals surface area contributed by atoms with Crippen molar-refractivity contribution in [3.8, 4) is 5.75 Å². The van der Waals surface area contributed by atoms with Gasteiger partial charge in [-0.1, -0.05) is 24.4 Å². The third-order valence-corrected chi connectivity index (χ3v) is 3.20. The summed E-state index contributed by atoms with van der Waals surface area (Å²) in [6, 6.07) is 4.13. The predicted molar refractivity (Wildman–Crippen MR) is 91.0 cm³/mol. The van der Waals surface area contributed by atoms with Crippen molar-refractivity contribution in [3.63, 3.8) is 0 Å². The smallest absolute Gasteiger partial charge is 0.422 e. The van der Waals surface area contributed by atoms with E-state index in [0.29, 0.717) is 13.0 Å². The number of nitrogens with one attached hydrogen (secondary N) is 1. The molecule has 0 saturated heterocycles. The van der Waals surface area contributed by atoms with E-state index >= 15 is 0 Å². The molecule has 0 aliphatic heterocycles. The van der Waals surface area contributed by atoms with E-state index in [2.05, 4.69) is 5.32 Å². The summed E-state index contributed by atoms with van der Waals surface area (Å²) in [4.78, 5) is 11.8. The number of halogens is 5. The van der Waals surface area contributed by atoms with Crippen LogP contribution in [-0.2, 0) is 4.79 Å². The molecule has 1 aromatic rings. The van der Waals surface area contributed by atoms with Crippen LogP contribution in [0.1, 0.15) is 32.1 Å². The number of anilines is 1. The van der Waals surface area contributed by atoms with E-state index in [0.717, 1.165) is 19.3 Å². The van der Waals surface area contributed by atoms with E-state index in [4.69, 9.17) is 22.1 Å². The van der Waals surface area contributed by atoms with Crippen LogP contribution in [0, 0.1) is 0 Å². The van der Waals surface area contributed by atoms with Crippen molar-refractivity contribution in [3.05, 3.63) is 23.2 Å². The Hall–Kier alpha value is -1.18. The van der Waals surface area contributed by atoms with Crippen LogP contribution in [0.25, 0.3) is 0 Å². The highest BCUT2D eigenvalue weighted by atomic mass is 35.5. The Bertz CT molecular complexity index is 514. The molecule has 0 spiro atoms. The van der Waals surface area contributed by atoms with E-state index in [9.17, 15) is 18.0 Å². The molecule has 9 heteroatoms. The summed E-state index contributed by atoms with van der Waals surface area (Å²) in [5, 5.41) is 2.77. The number of hydrogen-bond donors (Lipinski definition) is 2. The number of unbranched alkanes of at least 4 members (excludes halogenated alkanes) is 3. The van der Waals surface area contributed by atoms with Crippen LogP contribution in [0.2, 0.25) is 5.02 Å². The van der Waals surface area contributed by atoms with Gasteiger partial charge in [0.15, 0.2) is 6.61 Å². The monoisotopic (exact) mass is 388 g/mol. The van der Waals surface area contributed by atoms with Gasteiger partial charge in [-0.3, -0.25) is 4.79 Å². The second-order valence-corrected chi connectivity index (χ2v) is 5.48. The number of benzene rings is 1. The minimum Gasteiger partial charge on any atom is -0.482 e. The highest BCUT2D eigenvalue weighted by molar-refractivity contribution is 6.30. The van der Waals surface area contributed by atoms with Gasteiger partial charge in [0, 0.05) is 17.5 Å². The Labute approximate surface area is 150 Å². The molecular formula is C15H21Cl2F3N2O2. The first-order valence-corrected chi connectivity index (χ1v) is 7.68. The summed E-state index contributed by atoms with van der Waals surface area (Å²) in [5.41, 5.74) is 5.55. The van der Waals surface area contributed by atoms with Gasteiger partial charge >= 0.3 is 6.18 Å². The van der Waals surface area contributed by atoms with Gasteiger partial charge in [0.2, 0.25) is 5.91 Å². The van der Waals surface area contributed by atoms with E-state index in [1.165, 1.54) is 18.2 Å². The second-order valence-electron chi connectivity index (χ2n) is 5.05. The Morgan fingerprint density at radius 1 is 1.21 bits per heavy atom. The number of amides is 1. The average Bonchev–Trinajstić information content (AvgIpc) is 2.46. The molecule has 0 unspecified atom stereocenters. The lowest BCUT2D eigenvalue weighted by Crippen LogP contribution is -2.20. The van der Waals surface area contributed by atoms with Crippen LogP contribution >= 0.6 is 24.0 Å². The molecule has 1 aromatic carbocycles. The zero-order chi connectivity index (χ0) is 17.3. The molecule has 0 atom stereocenters. The first-order chi connectivity index (χ1) is 10.8. The normalized spacial score (nSPS) is 10.9. The Kier molecular flexibility index (Phi) is 10.8. The lowest BCUT2D eigenvalue weighted by Gasteiger charge is -2.14. The van der Waals surface area contributed by atoms with Crippen molar-refractivity contribution in [2.75, 3.05) is 18.5 Å². The predicted octanol–water partition coefficient (Wildman–Crippen LogP) is 4.55. The van der Waals surface area contributed by atoms with Gasteiger partial charge in [0.25, 0.3) is 0 Å².